The van der Waals surface area contributed by atoms with Gasteiger partial charge in [0.2, 0.25) is 0 Å². The first-order valence-electron chi connectivity index (χ1n) is 10.1. The van der Waals surface area contributed by atoms with Crippen molar-refractivity contribution in [3.05, 3.63) is 72.7 Å². The Hall–Kier alpha value is -3.61. The van der Waals surface area contributed by atoms with Crippen molar-refractivity contribution in [1.29, 1.82) is 0 Å². The van der Waals surface area contributed by atoms with Gasteiger partial charge >= 0.3 is 0 Å². The van der Waals surface area contributed by atoms with Crippen LogP contribution >= 0.6 is 0 Å². The Morgan fingerprint density at radius 1 is 1.13 bits per heavy atom. The predicted molar refractivity (Wildman–Crippen MR) is 114 cm³/mol. The van der Waals surface area contributed by atoms with E-state index in [1.807, 2.05) is 59.2 Å². The van der Waals surface area contributed by atoms with Crippen LogP contribution < -0.4 is 0 Å². The quantitative estimate of drug-likeness (QED) is 0.528. The molecule has 1 unspecified atom stereocenters. The number of aromatic nitrogens is 5. The van der Waals surface area contributed by atoms with Crippen LogP contribution in [0.5, 0.6) is 0 Å². The highest BCUT2D eigenvalue weighted by molar-refractivity contribution is 6.05. The zero-order valence-corrected chi connectivity index (χ0v) is 16.8. The van der Waals surface area contributed by atoms with E-state index in [-0.39, 0.29) is 5.91 Å². The molecule has 1 aliphatic rings. The van der Waals surface area contributed by atoms with E-state index in [4.69, 9.17) is 4.98 Å². The van der Waals surface area contributed by atoms with E-state index in [9.17, 15) is 4.79 Å². The van der Waals surface area contributed by atoms with Crippen molar-refractivity contribution in [1.82, 2.24) is 29.4 Å². The number of likely N-dealkylation sites (tertiary alicyclic amines) is 1. The third-order valence-corrected chi connectivity index (χ3v) is 5.68. The minimum Gasteiger partial charge on any atom is -0.337 e. The summed E-state index contributed by atoms with van der Waals surface area (Å²) < 4.78 is 1.93. The normalized spacial score (nSPS) is 16.3. The largest absolute Gasteiger partial charge is 0.337 e. The molecule has 4 aromatic rings. The highest BCUT2D eigenvalue weighted by Gasteiger charge is 2.29. The average molecular weight is 398 g/mol. The molecule has 7 heteroatoms. The predicted octanol–water partition coefficient (Wildman–Crippen LogP) is 3.13. The number of benzene rings is 1. The maximum atomic E-state index is 13.1. The van der Waals surface area contributed by atoms with E-state index in [1.165, 1.54) is 0 Å². The SMILES string of the molecule is Cn1ccnc1-c1cncc(CC2CCN(C(=O)c3nccc4ccccc34)C2)n1. The summed E-state index contributed by atoms with van der Waals surface area (Å²) in [5.41, 5.74) is 2.23. The summed E-state index contributed by atoms with van der Waals surface area (Å²) in [6, 6.07) is 9.82. The van der Waals surface area contributed by atoms with E-state index < -0.39 is 0 Å². The molecule has 1 atom stereocenters. The van der Waals surface area contributed by atoms with Gasteiger partial charge in [-0.3, -0.25) is 14.8 Å². The molecule has 1 aromatic carbocycles. The summed E-state index contributed by atoms with van der Waals surface area (Å²) in [6.07, 6.45) is 10.6. The van der Waals surface area contributed by atoms with Crippen LogP contribution in [0.2, 0.25) is 0 Å². The van der Waals surface area contributed by atoms with Crippen LogP contribution in [0.15, 0.2) is 61.3 Å². The Labute approximate surface area is 174 Å². The second kappa shape index (κ2) is 7.67. The molecule has 3 aromatic heterocycles. The van der Waals surface area contributed by atoms with Gasteiger partial charge in [0.1, 0.15) is 11.4 Å². The molecule has 7 nitrogen and oxygen atoms in total. The zero-order chi connectivity index (χ0) is 20.5. The Bertz CT molecular complexity index is 1210. The lowest BCUT2D eigenvalue weighted by molar-refractivity contribution is 0.0783. The van der Waals surface area contributed by atoms with Crippen LogP contribution in [0, 0.1) is 5.92 Å². The summed E-state index contributed by atoms with van der Waals surface area (Å²) in [4.78, 5) is 32.9. The molecule has 0 N–H and O–H groups in total. The lowest BCUT2D eigenvalue weighted by Gasteiger charge is -2.17. The third kappa shape index (κ3) is 3.43. The lowest BCUT2D eigenvalue weighted by Crippen LogP contribution is -2.29. The number of pyridine rings is 1. The summed E-state index contributed by atoms with van der Waals surface area (Å²) >= 11 is 0. The Morgan fingerprint density at radius 3 is 2.90 bits per heavy atom. The van der Waals surface area contributed by atoms with Crippen molar-refractivity contribution in [3.8, 4) is 11.5 Å². The van der Waals surface area contributed by atoms with Crippen molar-refractivity contribution in [3.63, 3.8) is 0 Å². The van der Waals surface area contributed by atoms with E-state index in [0.717, 1.165) is 47.4 Å². The number of aryl methyl sites for hydroxylation is 1. The third-order valence-electron chi connectivity index (χ3n) is 5.68. The number of carbonyl (C=O) groups excluding carboxylic acids is 1. The number of fused-ring (bicyclic) bond motifs is 1. The number of amides is 1. The summed E-state index contributed by atoms with van der Waals surface area (Å²) in [6.45, 7) is 1.44. The van der Waals surface area contributed by atoms with Crippen LogP contribution in [0.25, 0.3) is 22.3 Å². The highest BCUT2D eigenvalue weighted by atomic mass is 16.2. The molecule has 4 heterocycles. The molecule has 5 rings (SSSR count). The molecular formula is C23H22N6O. The summed E-state index contributed by atoms with van der Waals surface area (Å²) in [7, 11) is 1.94. The molecule has 0 radical (unpaired) electrons. The van der Waals surface area contributed by atoms with Gasteiger partial charge in [-0.1, -0.05) is 24.3 Å². The molecule has 150 valence electrons. The molecule has 1 saturated heterocycles. The number of imidazole rings is 1. The van der Waals surface area contributed by atoms with Gasteiger partial charge in [-0.15, -0.1) is 0 Å². The lowest BCUT2D eigenvalue weighted by atomic mass is 10.0. The van der Waals surface area contributed by atoms with Gasteiger partial charge in [0.05, 0.1) is 11.9 Å². The first-order chi connectivity index (χ1) is 14.7. The van der Waals surface area contributed by atoms with Crippen LogP contribution in [0.4, 0.5) is 0 Å². The standard InChI is InChI=1S/C23H22N6O/c1-28-11-9-26-22(28)20-14-24-13-18(27-20)12-16-7-10-29(15-16)23(30)21-19-5-3-2-4-17(19)6-8-25-21/h2-6,8-9,11,13-14,16H,7,10,12,15H2,1H3. The van der Waals surface area contributed by atoms with Crippen molar-refractivity contribution in [2.75, 3.05) is 13.1 Å². The molecule has 0 aliphatic carbocycles. The van der Waals surface area contributed by atoms with Crippen molar-refractivity contribution >= 4 is 16.7 Å². The first kappa shape index (κ1) is 18.4. The molecule has 1 aliphatic heterocycles. The maximum absolute atomic E-state index is 13.1. The smallest absolute Gasteiger partial charge is 0.273 e. The van der Waals surface area contributed by atoms with Gasteiger partial charge in [-0.25, -0.2) is 9.97 Å². The van der Waals surface area contributed by atoms with Gasteiger partial charge in [0.15, 0.2) is 5.82 Å². The summed E-state index contributed by atoms with van der Waals surface area (Å²) in [5, 5.41) is 1.94. The molecule has 30 heavy (non-hydrogen) atoms. The molecular weight excluding hydrogens is 376 g/mol. The zero-order valence-electron chi connectivity index (χ0n) is 16.8. The monoisotopic (exact) mass is 398 g/mol. The first-order valence-corrected chi connectivity index (χ1v) is 10.1. The molecule has 0 bridgehead atoms. The topological polar surface area (TPSA) is 76.8 Å². The number of hydrogen-bond acceptors (Lipinski definition) is 5. The van der Waals surface area contributed by atoms with Crippen LogP contribution in [-0.4, -0.2) is 48.4 Å². The fourth-order valence-corrected chi connectivity index (χ4v) is 4.14. The maximum Gasteiger partial charge on any atom is 0.273 e. The minimum atomic E-state index is 0.00199. The Kier molecular flexibility index (Phi) is 4.71. The summed E-state index contributed by atoms with van der Waals surface area (Å²) in [5.74, 6) is 1.16. The van der Waals surface area contributed by atoms with Crippen LogP contribution in [-0.2, 0) is 13.5 Å². The highest BCUT2D eigenvalue weighted by Crippen LogP contribution is 2.24. The Morgan fingerprint density at radius 2 is 2.03 bits per heavy atom. The number of hydrogen-bond donors (Lipinski definition) is 0. The van der Waals surface area contributed by atoms with E-state index >= 15 is 0 Å². The fraction of sp³-hybridized carbons (Fsp3) is 0.261. The molecule has 0 saturated carbocycles. The second-order valence-electron chi connectivity index (χ2n) is 7.75. The average Bonchev–Trinajstić information content (AvgIpc) is 3.42. The van der Waals surface area contributed by atoms with Crippen molar-refractivity contribution < 1.29 is 4.79 Å². The van der Waals surface area contributed by atoms with Gasteiger partial charge in [-0.2, -0.15) is 0 Å². The van der Waals surface area contributed by atoms with Gasteiger partial charge < -0.3 is 9.47 Å². The molecule has 1 fully saturated rings. The van der Waals surface area contributed by atoms with E-state index in [0.29, 0.717) is 18.2 Å². The number of carbonyl (C=O) groups is 1. The van der Waals surface area contributed by atoms with Gasteiger partial charge in [-0.05, 0) is 30.2 Å². The van der Waals surface area contributed by atoms with Gasteiger partial charge in [0, 0.05) is 50.3 Å². The van der Waals surface area contributed by atoms with Crippen molar-refractivity contribution in [2.45, 2.75) is 12.8 Å². The van der Waals surface area contributed by atoms with E-state index in [1.54, 1.807) is 18.6 Å². The van der Waals surface area contributed by atoms with Gasteiger partial charge in [0.25, 0.3) is 5.91 Å². The number of rotatable bonds is 4. The Balaban J connectivity index is 1.31. The molecule has 0 spiro atoms. The second-order valence-corrected chi connectivity index (χ2v) is 7.75. The number of nitrogens with zero attached hydrogens (tertiary/aromatic N) is 6. The van der Waals surface area contributed by atoms with Crippen LogP contribution in [0.1, 0.15) is 22.6 Å². The molecule has 1 amide bonds. The minimum absolute atomic E-state index is 0.00199. The van der Waals surface area contributed by atoms with Crippen LogP contribution in [0.3, 0.4) is 0 Å². The van der Waals surface area contributed by atoms with Crippen molar-refractivity contribution in [2.24, 2.45) is 13.0 Å². The fourth-order valence-electron chi connectivity index (χ4n) is 4.14. The van der Waals surface area contributed by atoms with E-state index in [2.05, 4.69) is 15.0 Å².